The average Bonchev–Trinajstić information content (AvgIpc) is 2.62. The van der Waals surface area contributed by atoms with Crippen LogP contribution in [-0.2, 0) is 9.53 Å². The van der Waals surface area contributed by atoms with Crippen molar-refractivity contribution in [3.63, 3.8) is 0 Å². The second-order valence-corrected chi connectivity index (χ2v) is 6.80. The van der Waals surface area contributed by atoms with Crippen LogP contribution in [0.4, 0.5) is 0 Å². The van der Waals surface area contributed by atoms with Crippen LogP contribution < -0.4 is 9.42 Å². The Labute approximate surface area is 149 Å². The largest absolute Gasteiger partial charge is 0.575 e. The Bertz CT molecular complexity index is 738. The number of nitrogens with zero attached hydrogens (tertiary/aromatic N) is 1. The van der Waals surface area contributed by atoms with Gasteiger partial charge in [0.1, 0.15) is 0 Å². The van der Waals surface area contributed by atoms with Crippen LogP contribution in [0.15, 0.2) is 47.2 Å². The van der Waals surface area contributed by atoms with Crippen molar-refractivity contribution < 1.29 is 18.9 Å². The number of benzene rings is 2. The van der Waals surface area contributed by atoms with E-state index in [2.05, 4.69) is 18.6 Å². The van der Waals surface area contributed by atoms with E-state index in [0.717, 1.165) is 23.6 Å². The van der Waals surface area contributed by atoms with Crippen molar-refractivity contribution in [1.29, 1.82) is 0 Å². The van der Waals surface area contributed by atoms with Gasteiger partial charge in [0.15, 0.2) is 11.8 Å². The second-order valence-electron chi connectivity index (χ2n) is 5.91. The molecular formula is C19H24NO4P. The molecule has 134 valence electrons. The van der Waals surface area contributed by atoms with E-state index in [9.17, 15) is 9.69 Å². The van der Waals surface area contributed by atoms with Crippen molar-refractivity contribution in [3.05, 3.63) is 42.5 Å². The van der Waals surface area contributed by atoms with Gasteiger partial charge in [-0.05, 0) is 24.3 Å². The number of rotatable bonds is 8. The molecule has 0 amide bonds. The fourth-order valence-corrected chi connectivity index (χ4v) is 3.17. The minimum atomic E-state index is -2.36. The van der Waals surface area contributed by atoms with Crippen LogP contribution in [-0.4, -0.2) is 18.6 Å². The number of esters is 1. The van der Waals surface area contributed by atoms with Gasteiger partial charge in [0.05, 0.1) is 6.61 Å². The van der Waals surface area contributed by atoms with Gasteiger partial charge < -0.3 is 9.63 Å². The molecule has 25 heavy (non-hydrogen) atoms. The van der Waals surface area contributed by atoms with Crippen LogP contribution >= 0.6 is 8.17 Å². The van der Waals surface area contributed by atoms with Crippen LogP contribution in [0.5, 0.6) is 5.75 Å². The molecule has 0 aliphatic heterocycles. The Morgan fingerprint density at radius 2 is 1.84 bits per heavy atom. The molecule has 2 aromatic carbocycles. The molecule has 0 fully saturated rings. The number of carbonyl (C=O) groups is 1. The zero-order valence-corrected chi connectivity index (χ0v) is 15.7. The van der Waals surface area contributed by atoms with Crippen LogP contribution in [0, 0.1) is 5.92 Å². The number of ether oxygens (including phenoxy) is 1. The van der Waals surface area contributed by atoms with Gasteiger partial charge in [-0.1, -0.05) is 67.8 Å². The predicted octanol–water partition coefficient (Wildman–Crippen LogP) is 4.44. The lowest BCUT2D eigenvalue weighted by Crippen LogP contribution is -2.21. The third kappa shape index (κ3) is 5.52. The van der Waals surface area contributed by atoms with Gasteiger partial charge in [0.25, 0.3) is 0 Å². The normalized spacial score (nSPS) is 13.1. The first-order valence-electron chi connectivity index (χ1n) is 8.55. The molecule has 0 aliphatic carbocycles. The van der Waals surface area contributed by atoms with Crippen molar-refractivity contribution in [2.45, 2.75) is 39.7 Å². The van der Waals surface area contributed by atoms with Crippen molar-refractivity contribution >= 4 is 24.9 Å². The summed E-state index contributed by atoms with van der Waals surface area (Å²) in [5, 5.41) is 1.84. The third-order valence-corrected chi connectivity index (χ3v) is 5.04. The smallest absolute Gasteiger partial charge is 0.395 e. The van der Waals surface area contributed by atoms with E-state index in [1.54, 1.807) is 13.0 Å². The van der Waals surface area contributed by atoms with Gasteiger partial charge in [0, 0.05) is 5.39 Å². The Kier molecular flexibility index (Phi) is 7.35. The summed E-state index contributed by atoms with van der Waals surface area (Å²) < 4.78 is 14.6. The first kappa shape index (κ1) is 19.4. The lowest BCUT2D eigenvalue weighted by molar-refractivity contribution is -0.169. The fourth-order valence-electron chi connectivity index (χ4n) is 2.42. The Morgan fingerprint density at radius 1 is 1.16 bits per heavy atom. The molecule has 2 atom stereocenters. The van der Waals surface area contributed by atoms with E-state index >= 15 is 0 Å². The molecule has 0 aliphatic rings. The van der Waals surface area contributed by atoms with Gasteiger partial charge in [-0.3, -0.25) is 4.52 Å². The number of fused-ring (bicyclic) bond motifs is 1. The van der Waals surface area contributed by atoms with Gasteiger partial charge in [-0.2, -0.15) is 0 Å². The third-order valence-electron chi connectivity index (χ3n) is 4.15. The molecule has 0 spiro atoms. The van der Waals surface area contributed by atoms with E-state index in [-0.39, 0.29) is 0 Å². The average molecular weight is 361 g/mol. The summed E-state index contributed by atoms with van der Waals surface area (Å²) >= 11 is 0. The van der Waals surface area contributed by atoms with E-state index in [4.69, 9.17) is 9.26 Å². The maximum Gasteiger partial charge on any atom is 0.395 e. The Balaban J connectivity index is 2.01. The highest BCUT2D eigenvalue weighted by molar-refractivity contribution is 7.34. The van der Waals surface area contributed by atoms with E-state index in [0.29, 0.717) is 18.3 Å². The summed E-state index contributed by atoms with van der Waals surface area (Å²) in [5.41, 5.74) is 0. The summed E-state index contributed by atoms with van der Waals surface area (Å²) in [6.45, 7) is 6.05. The highest BCUT2D eigenvalue weighted by Gasteiger charge is 2.20. The quantitative estimate of drug-likeness (QED) is 0.515. The topological polar surface area (TPSA) is 71.0 Å². The number of hydrogen-bond donors (Lipinski definition) is 0. The summed E-state index contributed by atoms with van der Waals surface area (Å²) in [6.07, 6.45) is 1.90. The van der Waals surface area contributed by atoms with Gasteiger partial charge in [-0.25, -0.2) is 4.79 Å². The van der Waals surface area contributed by atoms with E-state index in [1.807, 2.05) is 36.4 Å². The SMILES string of the molecule is CCC(CC)COC(=O)[C@H](C)N=[P+]([O-])Oc1cccc2ccccc12. The maximum absolute atomic E-state index is 12.2. The molecule has 6 heteroatoms. The zero-order valence-electron chi connectivity index (χ0n) is 14.8. The van der Waals surface area contributed by atoms with Gasteiger partial charge in [0.2, 0.25) is 0 Å². The standard InChI is InChI=1S/C19H24NO4P/c1-4-15(5-2)13-23-19(21)14(3)20-25(22)24-18-12-8-10-16-9-6-7-11-17(16)18/h6-12,14-15H,4-5,13H2,1-3H3/t14-/m0/s1. The van der Waals surface area contributed by atoms with Crippen LogP contribution in [0.2, 0.25) is 0 Å². The lowest BCUT2D eigenvalue weighted by atomic mass is 10.1. The van der Waals surface area contributed by atoms with Gasteiger partial charge >= 0.3 is 14.1 Å². The van der Waals surface area contributed by atoms with Crippen molar-refractivity contribution in [2.75, 3.05) is 6.61 Å². The Hall–Kier alpha value is -1.97. The molecule has 0 saturated heterocycles. The first-order valence-corrected chi connectivity index (χ1v) is 9.68. The Morgan fingerprint density at radius 3 is 2.56 bits per heavy atom. The van der Waals surface area contributed by atoms with Crippen LogP contribution in [0.3, 0.4) is 0 Å². The maximum atomic E-state index is 12.2. The molecule has 2 aromatic rings. The highest BCUT2D eigenvalue weighted by atomic mass is 31.1. The molecule has 0 N–H and O–H groups in total. The number of carbonyl (C=O) groups excluding carboxylic acids is 1. The molecule has 0 radical (unpaired) electrons. The van der Waals surface area contributed by atoms with Crippen molar-refractivity contribution in [3.8, 4) is 5.75 Å². The molecule has 0 aromatic heterocycles. The summed E-state index contributed by atoms with van der Waals surface area (Å²) in [4.78, 5) is 24.2. The molecule has 2 rings (SSSR count). The molecule has 0 heterocycles. The zero-order chi connectivity index (χ0) is 18.2. The van der Waals surface area contributed by atoms with Crippen molar-refractivity contribution in [2.24, 2.45) is 10.7 Å². The van der Waals surface area contributed by atoms with Gasteiger partial charge in [-0.15, -0.1) is 0 Å². The highest BCUT2D eigenvalue weighted by Crippen LogP contribution is 2.31. The summed E-state index contributed by atoms with van der Waals surface area (Å²) in [7, 11) is -2.36. The molecule has 5 nitrogen and oxygen atoms in total. The lowest BCUT2D eigenvalue weighted by Gasteiger charge is -2.13. The van der Waals surface area contributed by atoms with E-state index in [1.165, 1.54) is 0 Å². The molecule has 0 saturated carbocycles. The first-order chi connectivity index (χ1) is 12.0. The van der Waals surface area contributed by atoms with Crippen LogP contribution in [0.25, 0.3) is 10.8 Å². The molecule has 0 bridgehead atoms. The minimum Gasteiger partial charge on any atom is -0.575 e. The van der Waals surface area contributed by atoms with Crippen molar-refractivity contribution in [1.82, 2.24) is 0 Å². The number of hydrogen-bond acceptors (Lipinski definition) is 5. The molecule has 1 unspecified atom stereocenters. The monoisotopic (exact) mass is 361 g/mol. The predicted molar refractivity (Wildman–Crippen MR) is 98.4 cm³/mol. The summed E-state index contributed by atoms with van der Waals surface area (Å²) in [6, 6.07) is 12.3. The second kappa shape index (κ2) is 9.50. The summed E-state index contributed by atoms with van der Waals surface area (Å²) in [5.74, 6) is 0.356. The molecular weight excluding hydrogens is 337 g/mol. The minimum absolute atomic E-state index is 0.344. The fraction of sp³-hybridized carbons (Fsp3) is 0.421. The van der Waals surface area contributed by atoms with Crippen LogP contribution in [0.1, 0.15) is 33.6 Å². The van der Waals surface area contributed by atoms with E-state index < -0.39 is 20.2 Å².